The number of rotatable bonds is 12. The van der Waals surface area contributed by atoms with Crippen LogP contribution in [0.3, 0.4) is 0 Å². The van der Waals surface area contributed by atoms with E-state index in [1.165, 1.54) is 14.4 Å². The number of carbonyl (C=O) groups excluding carboxylic acids is 5. The number of hydrogen-bond acceptors (Lipinski definition) is 7. The smallest absolute Gasteiger partial charge is 0.283 e. The highest BCUT2D eigenvalue weighted by molar-refractivity contribution is 6.38. The zero-order valence-electron chi connectivity index (χ0n) is 28.4. The minimum Gasteiger partial charge on any atom is -1.00 e. The highest BCUT2D eigenvalue weighted by Gasteiger charge is 2.49. The molecule has 2 aliphatic heterocycles. The minimum atomic E-state index is -1.47. The van der Waals surface area contributed by atoms with Gasteiger partial charge < -0.3 is 45.1 Å². The Morgan fingerprint density at radius 3 is 2.08 bits per heavy atom. The molecule has 0 saturated heterocycles. The Bertz CT molecular complexity index is 1810. The van der Waals surface area contributed by atoms with Gasteiger partial charge in [-0.3, -0.25) is 28.9 Å². The van der Waals surface area contributed by atoms with Crippen LogP contribution in [-0.4, -0.2) is 69.3 Å². The van der Waals surface area contributed by atoms with Gasteiger partial charge in [-0.1, -0.05) is 74.5 Å². The summed E-state index contributed by atoms with van der Waals surface area (Å²) in [5.41, 5.74) is 12.6. The number of halogens is 1. The number of hydrogen-bond donors (Lipinski definition) is 2. The molecule has 0 radical (unpaired) electrons. The summed E-state index contributed by atoms with van der Waals surface area (Å²) < 4.78 is 7.28. The highest BCUT2D eigenvalue weighted by atomic mass is 127. The van der Waals surface area contributed by atoms with E-state index in [0.717, 1.165) is 5.56 Å². The lowest BCUT2D eigenvalue weighted by Gasteiger charge is -2.45. The fourth-order valence-corrected chi connectivity index (χ4v) is 6.18. The van der Waals surface area contributed by atoms with Gasteiger partial charge >= 0.3 is 0 Å². The van der Waals surface area contributed by atoms with E-state index in [2.05, 4.69) is 4.99 Å². The molecule has 2 aromatic carbocycles. The molecule has 2 unspecified atom stereocenters. The van der Waals surface area contributed by atoms with Crippen molar-refractivity contribution in [3.8, 4) is 0 Å². The third-order valence-corrected chi connectivity index (χ3v) is 8.49. The van der Waals surface area contributed by atoms with Gasteiger partial charge in [0.05, 0.1) is 22.7 Å². The minimum absolute atomic E-state index is 0. The summed E-state index contributed by atoms with van der Waals surface area (Å²) in [4.78, 5) is 75.5. The second-order valence-corrected chi connectivity index (χ2v) is 13.2. The van der Waals surface area contributed by atoms with E-state index >= 15 is 0 Å². The monoisotopic (exact) mass is 792 g/mol. The molecule has 3 aromatic rings. The lowest BCUT2D eigenvalue weighted by Crippen LogP contribution is -3.00. The number of ketones is 1. The van der Waals surface area contributed by atoms with Crippen LogP contribution in [0, 0.1) is 11.8 Å². The Morgan fingerprint density at radius 1 is 0.960 bits per heavy atom. The maximum Gasteiger partial charge on any atom is 0.283 e. The van der Waals surface area contributed by atoms with Gasteiger partial charge in [0.2, 0.25) is 18.2 Å². The van der Waals surface area contributed by atoms with E-state index in [1.54, 1.807) is 74.9 Å². The first-order valence-corrected chi connectivity index (χ1v) is 16.1. The van der Waals surface area contributed by atoms with Crippen molar-refractivity contribution in [3.05, 3.63) is 108 Å². The summed E-state index contributed by atoms with van der Waals surface area (Å²) in [5.74, 6) is -4.75. The lowest BCUT2D eigenvalue weighted by atomic mass is 9.84. The van der Waals surface area contributed by atoms with Crippen molar-refractivity contribution in [2.24, 2.45) is 28.3 Å². The Morgan fingerprint density at radius 2 is 1.56 bits per heavy atom. The molecule has 0 bridgehead atoms. The Labute approximate surface area is 308 Å². The van der Waals surface area contributed by atoms with E-state index in [1.807, 2.05) is 44.2 Å². The first-order valence-electron chi connectivity index (χ1n) is 16.1. The first kappa shape index (κ1) is 37.9. The Kier molecular flexibility index (Phi) is 11.9. The number of Topliss-reactive ketones (excluding diaryl/α,β-unsaturated/α-hetero) is 1. The van der Waals surface area contributed by atoms with Crippen molar-refractivity contribution in [2.75, 3.05) is 6.61 Å². The number of nitrogens with zero attached hydrogens (tertiary/aromatic N) is 4. The number of ether oxygens (including phenoxy) is 1. The van der Waals surface area contributed by atoms with Gasteiger partial charge in [0.25, 0.3) is 23.6 Å². The molecule has 2 aliphatic rings. The Balaban J connectivity index is 0.00000562. The second kappa shape index (κ2) is 15.7. The average Bonchev–Trinajstić information content (AvgIpc) is 3.44. The molecule has 13 heteroatoms. The zero-order valence-corrected chi connectivity index (χ0v) is 30.5. The number of primary amides is 2. The lowest BCUT2D eigenvalue weighted by molar-refractivity contribution is -0.684. The van der Waals surface area contributed by atoms with Crippen molar-refractivity contribution < 1.29 is 57.3 Å². The van der Waals surface area contributed by atoms with Crippen LogP contribution in [0.1, 0.15) is 49.2 Å². The summed E-state index contributed by atoms with van der Waals surface area (Å²) in [6.45, 7) is 7.37. The molecule has 4 amide bonds. The SMILES string of the molecule is CC(C)C1C(=O)N([C@H](C(N)=O)C(Cc2ccccc2)C(=O)C2=NC(C)(C)CO2)C(c2ccccc2)=CN1C(=O)c1cc[n+](CC(N)=O)cc1.[I-]. The molecule has 0 saturated carbocycles. The van der Waals surface area contributed by atoms with E-state index in [0.29, 0.717) is 5.56 Å². The van der Waals surface area contributed by atoms with Crippen LogP contribution < -0.4 is 40.0 Å². The second-order valence-electron chi connectivity index (χ2n) is 13.2. The number of benzene rings is 2. The number of carbonyl (C=O) groups is 5. The molecular weight excluding hydrogens is 751 g/mol. The van der Waals surface area contributed by atoms with Crippen LogP contribution in [0.5, 0.6) is 0 Å². The fraction of sp³-hybridized carbons (Fsp3) is 0.324. The topological polar surface area (TPSA) is 169 Å². The van der Waals surface area contributed by atoms with E-state index in [4.69, 9.17) is 16.2 Å². The molecule has 0 spiro atoms. The van der Waals surface area contributed by atoms with Crippen LogP contribution in [0.25, 0.3) is 5.70 Å². The highest BCUT2D eigenvalue weighted by Crippen LogP contribution is 2.36. The Hall–Kier alpha value is -4.92. The summed E-state index contributed by atoms with van der Waals surface area (Å²) in [6, 6.07) is 18.5. The molecule has 0 aliphatic carbocycles. The van der Waals surface area contributed by atoms with E-state index in [-0.39, 0.29) is 60.7 Å². The molecule has 12 nitrogen and oxygen atoms in total. The van der Waals surface area contributed by atoms with Crippen molar-refractivity contribution in [1.82, 2.24) is 9.80 Å². The van der Waals surface area contributed by atoms with Gasteiger partial charge in [-0.2, -0.15) is 4.57 Å². The molecule has 50 heavy (non-hydrogen) atoms. The third-order valence-electron chi connectivity index (χ3n) is 8.49. The number of pyridine rings is 1. The van der Waals surface area contributed by atoms with Gasteiger partial charge in [-0.05, 0) is 37.3 Å². The quantitative estimate of drug-likeness (QED) is 0.181. The summed E-state index contributed by atoms with van der Waals surface area (Å²) in [6.07, 6.45) is 4.72. The van der Waals surface area contributed by atoms with Gasteiger partial charge in [0.1, 0.15) is 18.7 Å². The first-order chi connectivity index (χ1) is 23.3. The molecular formula is C37H41IN6O6. The van der Waals surface area contributed by atoms with Crippen LogP contribution in [-0.2, 0) is 36.9 Å². The predicted octanol–water partition coefficient (Wildman–Crippen LogP) is -0.740. The normalized spacial score (nSPS) is 17.9. The molecule has 1 aromatic heterocycles. The van der Waals surface area contributed by atoms with Gasteiger partial charge in [-0.15, -0.1) is 0 Å². The van der Waals surface area contributed by atoms with Crippen LogP contribution in [0.15, 0.2) is 96.4 Å². The number of amides is 4. The van der Waals surface area contributed by atoms with E-state index < -0.39 is 58.9 Å². The largest absolute Gasteiger partial charge is 1.00 e. The fourth-order valence-electron chi connectivity index (χ4n) is 6.18. The summed E-state index contributed by atoms with van der Waals surface area (Å²) in [5, 5.41) is 0. The number of nitrogens with two attached hydrogens (primary N) is 2. The van der Waals surface area contributed by atoms with Gasteiger partial charge in [0, 0.05) is 18.3 Å². The molecule has 0 fully saturated rings. The number of aliphatic imine (C=N–C) groups is 1. The van der Waals surface area contributed by atoms with Crippen LogP contribution in [0.4, 0.5) is 0 Å². The van der Waals surface area contributed by atoms with Crippen molar-refractivity contribution in [2.45, 2.75) is 58.3 Å². The standard InChI is InChI=1S/C37H40N6O6.HI/c1-23(2)30-36(48)43(31(33(39)46)27(19-24-11-7-5-8-12-24)32(45)34-40-37(3,4)22-49-34)28(25-13-9-6-10-14-25)20-42(30)35(47)26-15-17-41(18-16-26)21-29(38)44;/h5-18,20,23,27,30-31H,19,21-22H2,1-4H3,(H3-,38,39,44,46);1H/t27?,30?,31-;/m0./s1. The average molecular weight is 793 g/mol. The zero-order chi connectivity index (χ0) is 35.5. The molecule has 3 atom stereocenters. The molecule has 4 N–H and O–H groups in total. The van der Waals surface area contributed by atoms with Crippen molar-refractivity contribution in [1.29, 1.82) is 0 Å². The summed E-state index contributed by atoms with van der Waals surface area (Å²) >= 11 is 0. The van der Waals surface area contributed by atoms with Gasteiger partial charge in [0.15, 0.2) is 12.4 Å². The van der Waals surface area contributed by atoms with Crippen LogP contribution >= 0.6 is 0 Å². The summed E-state index contributed by atoms with van der Waals surface area (Å²) in [7, 11) is 0. The predicted molar refractivity (Wildman–Crippen MR) is 181 cm³/mol. The van der Waals surface area contributed by atoms with Gasteiger partial charge in [-0.25, -0.2) is 4.99 Å². The third kappa shape index (κ3) is 8.26. The molecule has 5 rings (SSSR count). The van der Waals surface area contributed by atoms with Crippen molar-refractivity contribution >= 4 is 41.0 Å². The van der Waals surface area contributed by atoms with E-state index in [9.17, 15) is 24.0 Å². The maximum atomic E-state index is 14.9. The number of aromatic nitrogens is 1. The van der Waals surface area contributed by atoms with Crippen molar-refractivity contribution in [3.63, 3.8) is 0 Å². The molecule has 262 valence electrons. The molecule has 3 heterocycles. The van der Waals surface area contributed by atoms with Crippen LogP contribution in [0.2, 0.25) is 0 Å². The maximum absolute atomic E-state index is 14.9.